The summed E-state index contributed by atoms with van der Waals surface area (Å²) in [5, 5.41) is 13.8. The van der Waals surface area contributed by atoms with Gasteiger partial charge in [-0.15, -0.1) is 0 Å². The molecule has 0 aliphatic heterocycles. The summed E-state index contributed by atoms with van der Waals surface area (Å²) in [4.78, 5) is 14.4. The average Bonchev–Trinajstić information content (AvgIpc) is 2.37. The van der Waals surface area contributed by atoms with Crippen LogP contribution >= 0.6 is 0 Å². The summed E-state index contributed by atoms with van der Waals surface area (Å²) in [5.74, 6) is 0.295. The molecule has 0 atom stereocenters. The summed E-state index contributed by atoms with van der Waals surface area (Å²) < 4.78 is 0. The van der Waals surface area contributed by atoms with Crippen LogP contribution in [0.5, 0.6) is 0 Å². The molecule has 0 saturated carbocycles. The van der Waals surface area contributed by atoms with Crippen molar-refractivity contribution in [3.05, 3.63) is 63.8 Å². The highest BCUT2D eigenvalue weighted by Crippen LogP contribution is 2.20. The molecule has 5 heteroatoms. The maximum absolute atomic E-state index is 10.8. The molecule has 0 unspecified atom stereocenters. The van der Waals surface area contributed by atoms with Crippen molar-refractivity contribution in [3.8, 4) is 0 Å². The molecule has 0 bridgehead atoms. The van der Waals surface area contributed by atoms with E-state index < -0.39 is 4.92 Å². The zero-order valence-corrected chi connectivity index (χ0v) is 9.96. The summed E-state index contributed by atoms with van der Waals surface area (Å²) in [6.45, 7) is 2.52. The third-order valence-corrected chi connectivity index (χ3v) is 2.53. The highest BCUT2D eigenvalue weighted by Gasteiger charge is 2.13. The zero-order chi connectivity index (χ0) is 13.0. The topological polar surface area (TPSA) is 68.1 Å². The van der Waals surface area contributed by atoms with E-state index in [2.05, 4.69) is 10.3 Å². The van der Waals surface area contributed by atoms with E-state index in [9.17, 15) is 10.1 Å². The quantitative estimate of drug-likeness (QED) is 0.662. The molecule has 0 fully saturated rings. The van der Waals surface area contributed by atoms with Crippen LogP contribution in [0, 0.1) is 17.0 Å². The van der Waals surface area contributed by atoms with Crippen molar-refractivity contribution in [3.63, 3.8) is 0 Å². The smallest absolute Gasteiger partial charge is 0.311 e. The normalized spacial score (nSPS) is 10.1. The second-order valence-corrected chi connectivity index (χ2v) is 3.97. The average molecular weight is 243 g/mol. The SMILES string of the molecule is Cc1cccc(CNc2ncccc2[N+](=O)[O-])c1. The summed E-state index contributed by atoms with van der Waals surface area (Å²) in [5.41, 5.74) is 2.21. The predicted octanol–water partition coefficient (Wildman–Crippen LogP) is 2.91. The molecule has 2 rings (SSSR count). The fourth-order valence-electron chi connectivity index (χ4n) is 1.69. The van der Waals surface area contributed by atoms with Crippen LogP contribution in [0.15, 0.2) is 42.6 Å². The number of aryl methyl sites for hydroxylation is 1. The Balaban J connectivity index is 2.13. The lowest BCUT2D eigenvalue weighted by Gasteiger charge is -2.06. The van der Waals surface area contributed by atoms with Crippen LogP contribution in [0.1, 0.15) is 11.1 Å². The van der Waals surface area contributed by atoms with Gasteiger partial charge in [-0.2, -0.15) is 0 Å². The zero-order valence-electron chi connectivity index (χ0n) is 9.96. The molecule has 18 heavy (non-hydrogen) atoms. The molecule has 92 valence electrons. The van der Waals surface area contributed by atoms with Gasteiger partial charge in [0, 0.05) is 18.8 Å². The first-order valence-corrected chi connectivity index (χ1v) is 5.55. The minimum Gasteiger partial charge on any atom is -0.360 e. The minimum absolute atomic E-state index is 0.00912. The van der Waals surface area contributed by atoms with Crippen LogP contribution < -0.4 is 5.32 Å². The molecule has 1 aromatic carbocycles. The Labute approximate surface area is 105 Å². The molecule has 5 nitrogen and oxygen atoms in total. The van der Waals surface area contributed by atoms with Gasteiger partial charge in [0.2, 0.25) is 5.82 Å². The molecule has 1 N–H and O–H groups in total. The van der Waals surface area contributed by atoms with Gasteiger partial charge >= 0.3 is 5.69 Å². The lowest BCUT2D eigenvalue weighted by molar-refractivity contribution is -0.384. The van der Waals surface area contributed by atoms with Gasteiger partial charge in [-0.3, -0.25) is 10.1 Å². The van der Waals surface area contributed by atoms with Crippen molar-refractivity contribution < 1.29 is 4.92 Å². The molecule has 0 radical (unpaired) electrons. The van der Waals surface area contributed by atoms with Crippen LogP contribution in [0.25, 0.3) is 0 Å². The van der Waals surface area contributed by atoms with Crippen molar-refractivity contribution >= 4 is 11.5 Å². The van der Waals surface area contributed by atoms with Crippen LogP contribution in [-0.2, 0) is 6.54 Å². The van der Waals surface area contributed by atoms with E-state index in [0.29, 0.717) is 12.4 Å². The molecule has 2 aromatic rings. The van der Waals surface area contributed by atoms with Crippen LogP contribution in [0.3, 0.4) is 0 Å². The molecule has 1 aromatic heterocycles. The molecule has 0 saturated heterocycles. The molecule has 0 amide bonds. The van der Waals surface area contributed by atoms with E-state index in [1.54, 1.807) is 6.07 Å². The van der Waals surface area contributed by atoms with E-state index in [1.165, 1.54) is 12.3 Å². The van der Waals surface area contributed by atoms with Crippen molar-refractivity contribution in [2.75, 3.05) is 5.32 Å². The number of benzene rings is 1. The first-order valence-electron chi connectivity index (χ1n) is 5.55. The summed E-state index contributed by atoms with van der Waals surface area (Å²) in [6, 6.07) is 10.9. The number of pyridine rings is 1. The van der Waals surface area contributed by atoms with E-state index in [-0.39, 0.29) is 5.69 Å². The lowest BCUT2D eigenvalue weighted by atomic mass is 10.1. The van der Waals surface area contributed by atoms with Gasteiger partial charge in [-0.25, -0.2) is 4.98 Å². The molecular weight excluding hydrogens is 230 g/mol. The van der Waals surface area contributed by atoms with Crippen molar-refractivity contribution in [1.29, 1.82) is 0 Å². The second-order valence-electron chi connectivity index (χ2n) is 3.97. The van der Waals surface area contributed by atoms with Crippen molar-refractivity contribution in [2.45, 2.75) is 13.5 Å². The molecule has 0 aliphatic rings. The van der Waals surface area contributed by atoms with Gasteiger partial charge in [0.1, 0.15) is 0 Å². The molecular formula is C13H13N3O2. The number of nitro groups is 1. The molecule has 0 spiro atoms. The number of nitrogens with one attached hydrogen (secondary N) is 1. The summed E-state index contributed by atoms with van der Waals surface area (Å²) in [6.07, 6.45) is 1.53. The Bertz CT molecular complexity index is 570. The van der Waals surface area contributed by atoms with Gasteiger partial charge in [-0.1, -0.05) is 29.8 Å². The third kappa shape index (κ3) is 2.82. The van der Waals surface area contributed by atoms with Gasteiger partial charge < -0.3 is 5.32 Å². The number of nitrogens with zero attached hydrogens (tertiary/aromatic N) is 2. The van der Waals surface area contributed by atoms with Gasteiger partial charge in [0.25, 0.3) is 0 Å². The highest BCUT2D eigenvalue weighted by molar-refractivity contribution is 5.55. The number of anilines is 1. The number of hydrogen-bond acceptors (Lipinski definition) is 4. The summed E-state index contributed by atoms with van der Waals surface area (Å²) in [7, 11) is 0. The Morgan fingerprint density at radius 3 is 2.89 bits per heavy atom. The van der Waals surface area contributed by atoms with E-state index >= 15 is 0 Å². The number of aromatic nitrogens is 1. The summed E-state index contributed by atoms with van der Waals surface area (Å²) >= 11 is 0. The van der Waals surface area contributed by atoms with E-state index in [4.69, 9.17) is 0 Å². The van der Waals surface area contributed by atoms with E-state index in [0.717, 1.165) is 11.1 Å². The van der Waals surface area contributed by atoms with Crippen LogP contribution in [0.2, 0.25) is 0 Å². The monoisotopic (exact) mass is 243 g/mol. The van der Waals surface area contributed by atoms with Gasteiger partial charge in [-0.05, 0) is 18.6 Å². The fourth-order valence-corrected chi connectivity index (χ4v) is 1.69. The predicted molar refractivity (Wildman–Crippen MR) is 69.4 cm³/mol. The third-order valence-electron chi connectivity index (χ3n) is 2.53. The largest absolute Gasteiger partial charge is 0.360 e. The molecule has 1 heterocycles. The Hall–Kier alpha value is -2.43. The number of rotatable bonds is 4. The molecule has 0 aliphatic carbocycles. The Morgan fingerprint density at radius 2 is 2.17 bits per heavy atom. The van der Waals surface area contributed by atoms with E-state index in [1.807, 2.05) is 31.2 Å². The Kier molecular flexibility index (Phi) is 3.52. The lowest BCUT2D eigenvalue weighted by Crippen LogP contribution is -2.04. The van der Waals surface area contributed by atoms with Gasteiger partial charge in [0.05, 0.1) is 4.92 Å². The maximum atomic E-state index is 10.8. The standard InChI is InChI=1S/C13H13N3O2/c1-10-4-2-5-11(8-10)9-15-13-12(16(17)18)6-3-7-14-13/h2-8H,9H2,1H3,(H,14,15). The minimum atomic E-state index is -0.439. The fraction of sp³-hybridized carbons (Fsp3) is 0.154. The van der Waals surface area contributed by atoms with Gasteiger partial charge in [0.15, 0.2) is 0 Å². The van der Waals surface area contributed by atoms with Crippen LogP contribution in [0.4, 0.5) is 11.5 Å². The first-order chi connectivity index (χ1) is 8.66. The highest BCUT2D eigenvalue weighted by atomic mass is 16.6. The van der Waals surface area contributed by atoms with Crippen molar-refractivity contribution in [1.82, 2.24) is 4.98 Å². The second kappa shape index (κ2) is 5.27. The number of hydrogen-bond donors (Lipinski definition) is 1. The van der Waals surface area contributed by atoms with Crippen molar-refractivity contribution in [2.24, 2.45) is 0 Å². The van der Waals surface area contributed by atoms with Crippen LogP contribution in [-0.4, -0.2) is 9.91 Å². The Morgan fingerprint density at radius 1 is 1.33 bits per heavy atom. The first kappa shape index (κ1) is 12.0. The maximum Gasteiger partial charge on any atom is 0.311 e.